The Morgan fingerprint density at radius 3 is 2.52 bits per heavy atom. The molecule has 1 heterocycles. The highest BCUT2D eigenvalue weighted by Gasteiger charge is 2.04. The molecule has 0 atom stereocenters. The quantitative estimate of drug-likeness (QED) is 0.640. The molecule has 0 saturated carbocycles. The van der Waals surface area contributed by atoms with Crippen molar-refractivity contribution in [1.29, 1.82) is 0 Å². The molecule has 1 aromatic heterocycles. The third-order valence-electron chi connectivity index (χ3n) is 3.69. The van der Waals surface area contributed by atoms with Gasteiger partial charge in [0.2, 0.25) is 0 Å². The van der Waals surface area contributed by atoms with Gasteiger partial charge in [0.15, 0.2) is 5.43 Å². The van der Waals surface area contributed by atoms with Gasteiger partial charge in [-0.15, -0.1) is 11.3 Å². The first-order chi connectivity index (χ1) is 10.3. The van der Waals surface area contributed by atoms with Gasteiger partial charge in [-0.25, -0.2) is 0 Å². The predicted octanol–water partition coefficient (Wildman–Crippen LogP) is 5.27. The van der Waals surface area contributed by atoms with Gasteiger partial charge < -0.3 is 0 Å². The zero-order valence-electron chi connectivity index (χ0n) is 12.1. The van der Waals surface area contributed by atoms with E-state index < -0.39 is 0 Å². The van der Waals surface area contributed by atoms with Crippen LogP contribution in [0.15, 0.2) is 59.4 Å². The van der Waals surface area contributed by atoms with Gasteiger partial charge in [-0.2, -0.15) is 0 Å². The number of rotatable bonds is 4. The van der Waals surface area contributed by atoms with Crippen LogP contribution in [0.2, 0.25) is 0 Å². The molecule has 0 aliphatic carbocycles. The van der Waals surface area contributed by atoms with Gasteiger partial charge in [0.1, 0.15) is 0 Å². The summed E-state index contributed by atoms with van der Waals surface area (Å²) in [7, 11) is 0. The van der Waals surface area contributed by atoms with Crippen molar-refractivity contribution in [2.45, 2.75) is 26.2 Å². The van der Waals surface area contributed by atoms with Gasteiger partial charge in [0, 0.05) is 21.0 Å². The molecule has 0 fully saturated rings. The van der Waals surface area contributed by atoms with Gasteiger partial charge in [-0.05, 0) is 36.1 Å². The molecule has 3 aromatic rings. The Hall–Kier alpha value is -1.93. The Morgan fingerprint density at radius 1 is 1.00 bits per heavy atom. The van der Waals surface area contributed by atoms with E-state index >= 15 is 0 Å². The van der Waals surface area contributed by atoms with Crippen molar-refractivity contribution >= 4 is 21.4 Å². The molecule has 0 aliphatic heterocycles. The molecule has 3 rings (SSSR count). The van der Waals surface area contributed by atoms with Crippen LogP contribution in [-0.4, -0.2) is 0 Å². The summed E-state index contributed by atoms with van der Waals surface area (Å²) in [5, 5.41) is 0.811. The van der Waals surface area contributed by atoms with Crippen molar-refractivity contribution in [1.82, 2.24) is 0 Å². The summed E-state index contributed by atoms with van der Waals surface area (Å²) < 4.78 is 1.05. The molecule has 2 heteroatoms. The van der Waals surface area contributed by atoms with Crippen LogP contribution >= 0.6 is 11.3 Å². The van der Waals surface area contributed by atoms with Gasteiger partial charge >= 0.3 is 0 Å². The van der Waals surface area contributed by atoms with E-state index in [4.69, 9.17) is 0 Å². The first kappa shape index (κ1) is 14.0. The van der Waals surface area contributed by atoms with E-state index in [0.717, 1.165) is 26.9 Å². The van der Waals surface area contributed by atoms with Crippen LogP contribution in [0.4, 0.5) is 0 Å². The second kappa shape index (κ2) is 6.23. The lowest BCUT2D eigenvalue weighted by Crippen LogP contribution is -1.98. The van der Waals surface area contributed by atoms with Crippen LogP contribution < -0.4 is 5.43 Å². The summed E-state index contributed by atoms with van der Waals surface area (Å²) in [5.41, 5.74) is 2.60. The van der Waals surface area contributed by atoms with Gasteiger partial charge in [-0.3, -0.25) is 4.79 Å². The number of hydrogen-bond donors (Lipinski definition) is 0. The van der Waals surface area contributed by atoms with Gasteiger partial charge in [0.05, 0.1) is 0 Å². The van der Waals surface area contributed by atoms with Crippen LogP contribution in [0, 0.1) is 0 Å². The van der Waals surface area contributed by atoms with Crippen LogP contribution in [0.5, 0.6) is 0 Å². The molecule has 2 aromatic carbocycles. The van der Waals surface area contributed by atoms with E-state index in [9.17, 15) is 4.79 Å². The fourth-order valence-electron chi connectivity index (χ4n) is 2.46. The van der Waals surface area contributed by atoms with Crippen molar-refractivity contribution in [3.05, 3.63) is 70.4 Å². The topological polar surface area (TPSA) is 17.1 Å². The largest absolute Gasteiger partial charge is 0.289 e. The maximum absolute atomic E-state index is 12.2. The standard InChI is InChI=1S/C19H18OS/c1-2-3-6-14-9-11-15(12-10-14)19-13-17(20)16-7-4-5-8-18(16)21-19/h4-5,7-13H,2-3,6H2,1H3. The summed E-state index contributed by atoms with van der Waals surface area (Å²) >= 11 is 1.68. The highest BCUT2D eigenvalue weighted by atomic mass is 32.1. The number of benzene rings is 2. The minimum atomic E-state index is 0.106. The third kappa shape index (κ3) is 3.06. The summed E-state index contributed by atoms with van der Waals surface area (Å²) in [4.78, 5) is 13.2. The Kier molecular flexibility index (Phi) is 4.16. The first-order valence-electron chi connectivity index (χ1n) is 7.40. The zero-order chi connectivity index (χ0) is 14.7. The lowest BCUT2D eigenvalue weighted by molar-refractivity contribution is 0.795. The maximum Gasteiger partial charge on any atom is 0.188 e. The molecule has 0 N–H and O–H groups in total. The average molecular weight is 294 g/mol. The maximum atomic E-state index is 12.2. The van der Waals surface area contributed by atoms with E-state index in [1.54, 1.807) is 17.4 Å². The highest BCUT2D eigenvalue weighted by molar-refractivity contribution is 7.21. The average Bonchev–Trinajstić information content (AvgIpc) is 2.53. The fourth-order valence-corrected chi connectivity index (χ4v) is 3.54. The smallest absolute Gasteiger partial charge is 0.188 e. The molecule has 1 nitrogen and oxygen atoms in total. The van der Waals surface area contributed by atoms with E-state index in [2.05, 4.69) is 31.2 Å². The van der Waals surface area contributed by atoms with Crippen LogP contribution in [0.25, 0.3) is 20.5 Å². The third-order valence-corrected chi connectivity index (χ3v) is 4.84. The molecule has 0 bridgehead atoms. The van der Waals surface area contributed by atoms with E-state index in [-0.39, 0.29) is 5.43 Å². The van der Waals surface area contributed by atoms with E-state index in [1.807, 2.05) is 24.3 Å². The minimum absolute atomic E-state index is 0.106. The minimum Gasteiger partial charge on any atom is -0.289 e. The SMILES string of the molecule is CCCCc1ccc(-c2cc(=O)c3ccccc3s2)cc1. The zero-order valence-corrected chi connectivity index (χ0v) is 13.0. The molecule has 0 unspecified atom stereocenters. The van der Waals surface area contributed by atoms with E-state index in [0.29, 0.717) is 0 Å². The Labute approximate surface area is 128 Å². The molecule has 0 spiro atoms. The Bertz CT molecular complexity index is 800. The van der Waals surface area contributed by atoms with Crippen molar-refractivity contribution < 1.29 is 0 Å². The van der Waals surface area contributed by atoms with Crippen molar-refractivity contribution in [3.63, 3.8) is 0 Å². The summed E-state index contributed by atoms with van der Waals surface area (Å²) in [6.07, 6.45) is 3.57. The molecule has 0 saturated heterocycles. The van der Waals surface area contributed by atoms with Crippen LogP contribution in [0.1, 0.15) is 25.3 Å². The predicted molar refractivity (Wildman–Crippen MR) is 92.1 cm³/mol. The molecule has 0 radical (unpaired) electrons. The first-order valence-corrected chi connectivity index (χ1v) is 8.22. The summed E-state index contributed by atoms with van der Waals surface area (Å²) in [6, 6.07) is 18.2. The molecular weight excluding hydrogens is 276 g/mol. The molecule has 106 valence electrons. The molecular formula is C19H18OS. The molecule has 0 aliphatic rings. The molecule has 21 heavy (non-hydrogen) atoms. The second-order valence-corrected chi connectivity index (χ2v) is 6.36. The van der Waals surface area contributed by atoms with Crippen LogP contribution in [0.3, 0.4) is 0 Å². The fraction of sp³-hybridized carbons (Fsp3) is 0.211. The van der Waals surface area contributed by atoms with E-state index in [1.165, 1.54) is 18.4 Å². The normalized spacial score (nSPS) is 10.9. The summed E-state index contributed by atoms with van der Waals surface area (Å²) in [6.45, 7) is 2.21. The Balaban J connectivity index is 1.98. The summed E-state index contributed by atoms with van der Waals surface area (Å²) in [5.74, 6) is 0. The second-order valence-electron chi connectivity index (χ2n) is 5.27. The Morgan fingerprint density at radius 2 is 1.76 bits per heavy atom. The van der Waals surface area contributed by atoms with Crippen molar-refractivity contribution in [2.75, 3.05) is 0 Å². The number of hydrogen-bond acceptors (Lipinski definition) is 2. The number of aryl methyl sites for hydroxylation is 1. The monoisotopic (exact) mass is 294 g/mol. The van der Waals surface area contributed by atoms with Crippen molar-refractivity contribution in [2.24, 2.45) is 0 Å². The number of unbranched alkanes of at least 4 members (excludes halogenated alkanes) is 1. The lowest BCUT2D eigenvalue weighted by Gasteiger charge is -2.05. The number of fused-ring (bicyclic) bond motifs is 1. The van der Waals surface area contributed by atoms with Gasteiger partial charge in [-0.1, -0.05) is 49.7 Å². The highest BCUT2D eigenvalue weighted by Crippen LogP contribution is 2.28. The van der Waals surface area contributed by atoms with Crippen molar-refractivity contribution in [3.8, 4) is 10.4 Å². The van der Waals surface area contributed by atoms with Crippen LogP contribution in [-0.2, 0) is 6.42 Å². The van der Waals surface area contributed by atoms with Gasteiger partial charge in [0.25, 0.3) is 0 Å². The molecule has 0 amide bonds. The lowest BCUT2D eigenvalue weighted by atomic mass is 10.1.